The highest BCUT2D eigenvalue weighted by molar-refractivity contribution is 6.34. The van der Waals surface area contributed by atoms with Gasteiger partial charge in [0.1, 0.15) is 0 Å². The summed E-state index contributed by atoms with van der Waals surface area (Å²) in [6.45, 7) is 0.0882. The van der Waals surface area contributed by atoms with Crippen molar-refractivity contribution in [2.75, 3.05) is 13.1 Å². The number of nitro benzene ring substituents is 1. The van der Waals surface area contributed by atoms with Gasteiger partial charge in [0.25, 0.3) is 11.6 Å². The Morgan fingerprint density at radius 1 is 1.07 bits per heavy atom. The minimum atomic E-state index is -0.630. The predicted molar refractivity (Wildman–Crippen MR) is 108 cm³/mol. The van der Waals surface area contributed by atoms with Crippen LogP contribution < -0.4 is 10.6 Å². The fourth-order valence-corrected chi connectivity index (χ4v) is 2.78. The van der Waals surface area contributed by atoms with E-state index in [1.165, 1.54) is 12.1 Å². The summed E-state index contributed by atoms with van der Waals surface area (Å²) in [6, 6.07) is 10.3. The van der Waals surface area contributed by atoms with Crippen LogP contribution >= 0.6 is 23.2 Å². The lowest BCUT2D eigenvalue weighted by Gasteiger charge is -2.07. The number of hydrogen-bond acceptors (Lipinski definition) is 7. The maximum absolute atomic E-state index is 12.2. The van der Waals surface area contributed by atoms with Crippen LogP contribution in [0.1, 0.15) is 21.0 Å². The number of rotatable bonds is 7. The van der Waals surface area contributed by atoms with Gasteiger partial charge in [-0.25, -0.2) is 0 Å². The zero-order valence-corrected chi connectivity index (χ0v) is 16.6. The number of aromatic nitrogens is 2. The summed E-state index contributed by atoms with van der Waals surface area (Å²) < 4.78 is 4.93. The van der Waals surface area contributed by atoms with Gasteiger partial charge in [0, 0.05) is 35.8 Å². The number of benzene rings is 2. The molecule has 0 fully saturated rings. The van der Waals surface area contributed by atoms with E-state index in [4.69, 9.17) is 27.7 Å². The van der Waals surface area contributed by atoms with E-state index < -0.39 is 16.7 Å². The molecule has 0 aliphatic carbocycles. The molecule has 3 rings (SSSR count). The van der Waals surface area contributed by atoms with Gasteiger partial charge in [0.05, 0.1) is 15.5 Å². The molecular formula is C18H13Cl2N5O5. The summed E-state index contributed by atoms with van der Waals surface area (Å²) in [5.41, 5.74) is 0.288. The molecule has 0 atom stereocenters. The molecule has 0 spiro atoms. The van der Waals surface area contributed by atoms with Crippen molar-refractivity contribution in [3.63, 3.8) is 0 Å². The second-order valence-electron chi connectivity index (χ2n) is 5.87. The molecule has 0 saturated carbocycles. The molecule has 154 valence electrons. The van der Waals surface area contributed by atoms with Crippen molar-refractivity contribution in [3.05, 3.63) is 74.1 Å². The van der Waals surface area contributed by atoms with Crippen molar-refractivity contribution in [2.24, 2.45) is 0 Å². The Hall–Kier alpha value is -3.50. The third kappa shape index (κ3) is 5.10. The third-order valence-corrected chi connectivity index (χ3v) is 4.37. The normalized spacial score (nSPS) is 10.5. The first-order valence-corrected chi connectivity index (χ1v) is 9.20. The summed E-state index contributed by atoms with van der Waals surface area (Å²) in [5, 5.41) is 20.1. The largest absolute Gasteiger partial charge is 0.350 e. The minimum absolute atomic E-state index is 0.0406. The van der Waals surface area contributed by atoms with Crippen LogP contribution in [0.4, 0.5) is 5.69 Å². The van der Waals surface area contributed by atoms with Gasteiger partial charge < -0.3 is 15.2 Å². The quantitative estimate of drug-likeness (QED) is 0.320. The first kappa shape index (κ1) is 21.2. The molecule has 0 saturated heterocycles. The zero-order chi connectivity index (χ0) is 21.7. The fourth-order valence-electron chi connectivity index (χ4n) is 2.38. The van der Waals surface area contributed by atoms with E-state index in [0.717, 1.165) is 6.07 Å². The van der Waals surface area contributed by atoms with Crippen LogP contribution in [0.2, 0.25) is 10.0 Å². The van der Waals surface area contributed by atoms with Gasteiger partial charge in [0.2, 0.25) is 5.82 Å². The third-order valence-electron chi connectivity index (χ3n) is 3.80. The van der Waals surface area contributed by atoms with E-state index in [9.17, 15) is 19.7 Å². The molecule has 0 aliphatic heterocycles. The van der Waals surface area contributed by atoms with Gasteiger partial charge in [-0.15, -0.1) is 0 Å². The number of halogens is 2. The average Bonchev–Trinajstić information content (AvgIpc) is 3.21. The predicted octanol–water partition coefficient (Wildman–Crippen LogP) is 3.11. The van der Waals surface area contributed by atoms with Crippen LogP contribution in [-0.2, 0) is 0 Å². The molecule has 2 N–H and O–H groups in total. The van der Waals surface area contributed by atoms with Crippen LogP contribution in [0.5, 0.6) is 0 Å². The number of amides is 2. The van der Waals surface area contributed by atoms with Gasteiger partial charge in [-0.3, -0.25) is 19.7 Å². The summed E-state index contributed by atoms with van der Waals surface area (Å²) in [6.07, 6.45) is 0. The molecule has 0 radical (unpaired) electrons. The van der Waals surface area contributed by atoms with Gasteiger partial charge in [0.15, 0.2) is 0 Å². The van der Waals surface area contributed by atoms with Crippen molar-refractivity contribution in [1.29, 1.82) is 0 Å². The maximum atomic E-state index is 12.2. The highest BCUT2D eigenvalue weighted by Crippen LogP contribution is 2.22. The topological polar surface area (TPSA) is 140 Å². The van der Waals surface area contributed by atoms with E-state index >= 15 is 0 Å². The lowest BCUT2D eigenvalue weighted by atomic mass is 10.2. The van der Waals surface area contributed by atoms with Crippen molar-refractivity contribution in [3.8, 4) is 11.4 Å². The number of nitrogens with zero attached hydrogens (tertiary/aromatic N) is 3. The highest BCUT2D eigenvalue weighted by atomic mass is 35.5. The van der Waals surface area contributed by atoms with E-state index in [2.05, 4.69) is 20.8 Å². The number of carbonyl (C=O) groups is 2. The number of nitrogens with one attached hydrogen (secondary N) is 2. The Morgan fingerprint density at radius 2 is 1.80 bits per heavy atom. The summed E-state index contributed by atoms with van der Waals surface area (Å²) in [7, 11) is 0. The molecule has 0 unspecified atom stereocenters. The van der Waals surface area contributed by atoms with E-state index in [-0.39, 0.29) is 41.1 Å². The van der Waals surface area contributed by atoms with Crippen LogP contribution in [0.3, 0.4) is 0 Å². The Kier molecular flexibility index (Phi) is 6.60. The molecule has 12 heteroatoms. The molecular weight excluding hydrogens is 437 g/mol. The molecule has 1 aromatic heterocycles. The van der Waals surface area contributed by atoms with Crippen molar-refractivity contribution in [1.82, 2.24) is 20.8 Å². The zero-order valence-electron chi connectivity index (χ0n) is 15.1. The lowest BCUT2D eigenvalue weighted by Crippen LogP contribution is -2.35. The highest BCUT2D eigenvalue weighted by Gasteiger charge is 2.17. The Morgan fingerprint density at radius 3 is 2.50 bits per heavy atom. The molecule has 0 bridgehead atoms. The maximum Gasteiger partial charge on any atom is 0.316 e. The Balaban J connectivity index is 1.52. The number of hydrogen-bond donors (Lipinski definition) is 2. The second kappa shape index (κ2) is 9.33. The van der Waals surface area contributed by atoms with Crippen LogP contribution in [0.25, 0.3) is 11.4 Å². The van der Waals surface area contributed by atoms with Crippen molar-refractivity contribution in [2.45, 2.75) is 0 Å². The molecule has 0 aliphatic rings. The SMILES string of the molecule is O=C(NCCNC(=O)c1cc([N+](=O)[O-])ccc1Cl)c1nc(-c2cccc(Cl)c2)no1. The molecule has 1 heterocycles. The van der Waals surface area contributed by atoms with Crippen LogP contribution in [0, 0.1) is 10.1 Å². The van der Waals surface area contributed by atoms with Crippen molar-refractivity contribution < 1.29 is 19.0 Å². The van der Waals surface area contributed by atoms with Gasteiger partial charge >= 0.3 is 11.8 Å². The van der Waals surface area contributed by atoms with Crippen LogP contribution in [0.15, 0.2) is 47.0 Å². The summed E-state index contributed by atoms with van der Waals surface area (Å²) >= 11 is 11.8. The fraction of sp³-hybridized carbons (Fsp3) is 0.111. The minimum Gasteiger partial charge on any atom is -0.350 e. The molecule has 10 nitrogen and oxygen atoms in total. The van der Waals surface area contributed by atoms with Gasteiger partial charge in [-0.2, -0.15) is 4.98 Å². The van der Waals surface area contributed by atoms with Gasteiger partial charge in [-0.05, 0) is 18.2 Å². The summed E-state index contributed by atoms with van der Waals surface area (Å²) in [4.78, 5) is 38.5. The molecule has 3 aromatic rings. The van der Waals surface area contributed by atoms with E-state index in [1.807, 2.05) is 0 Å². The molecule has 2 amide bonds. The first-order chi connectivity index (χ1) is 14.3. The second-order valence-corrected chi connectivity index (χ2v) is 6.71. The number of carbonyl (C=O) groups excluding carboxylic acids is 2. The standard InChI is InChI=1S/C18H13Cl2N5O5/c19-11-3-1-2-10(8-11)15-23-18(30-24-15)17(27)22-7-6-21-16(26)13-9-12(25(28)29)4-5-14(13)20/h1-5,8-9H,6-7H2,(H,21,26)(H,22,27). The number of non-ortho nitro benzene ring substituents is 1. The first-order valence-electron chi connectivity index (χ1n) is 8.45. The monoisotopic (exact) mass is 449 g/mol. The average molecular weight is 450 g/mol. The summed E-state index contributed by atoms with van der Waals surface area (Å²) in [5.74, 6) is -1.29. The molecule has 30 heavy (non-hydrogen) atoms. The lowest BCUT2D eigenvalue weighted by molar-refractivity contribution is -0.384. The van der Waals surface area contributed by atoms with E-state index in [1.54, 1.807) is 24.3 Å². The smallest absolute Gasteiger partial charge is 0.316 e. The molecule has 2 aromatic carbocycles. The Labute approximate surface area is 179 Å². The van der Waals surface area contributed by atoms with Crippen LogP contribution in [-0.4, -0.2) is 40.0 Å². The van der Waals surface area contributed by atoms with E-state index in [0.29, 0.717) is 10.6 Å². The Bertz CT molecular complexity index is 1120. The van der Waals surface area contributed by atoms with Gasteiger partial charge in [-0.1, -0.05) is 40.5 Å². The van der Waals surface area contributed by atoms with Crippen molar-refractivity contribution >= 4 is 40.7 Å². The number of nitro groups is 1.